The number of H-pyrrole nitrogens is 1. The van der Waals surface area contributed by atoms with Crippen LogP contribution in [0.4, 0.5) is 4.39 Å². The number of aromatic nitrogens is 2. The van der Waals surface area contributed by atoms with Crippen molar-refractivity contribution < 1.29 is 4.39 Å². The molecule has 1 aliphatic heterocycles. The van der Waals surface area contributed by atoms with Gasteiger partial charge in [0.05, 0.1) is 5.69 Å². The Hall–Kier alpha value is -1.88. The molecule has 0 fully saturated rings. The molecule has 0 atom stereocenters. The Bertz CT molecular complexity index is 614. The van der Waals surface area contributed by atoms with E-state index < -0.39 is 5.82 Å². The average Bonchev–Trinajstić information content (AvgIpc) is 2.68. The maximum atomic E-state index is 13.6. The molecule has 4 nitrogen and oxygen atoms in total. The normalized spacial score (nSPS) is 14.6. The summed E-state index contributed by atoms with van der Waals surface area (Å²) < 4.78 is 14.9. The number of nitrogens with zero attached hydrogens (tertiary/aromatic N) is 1. The van der Waals surface area contributed by atoms with Crippen LogP contribution in [-0.2, 0) is 13.0 Å². The maximum absolute atomic E-state index is 13.6. The largest absolute Gasteiger partial charge is 0.311 e. The molecule has 0 saturated heterocycles. The summed E-state index contributed by atoms with van der Waals surface area (Å²) in [6.07, 6.45) is 0.687. The molecule has 0 aliphatic carbocycles. The third-order valence-corrected chi connectivity index (χ3v) is 3.02. The SMILES string of the molecule is O=c1c2c([nH]n1-c1ccccc1F)CNCC2. The highest BCUT2D eigenvalue weighted by Crippen LogP contribution is 2.13. The zero-order valence-corrected chi connectivity index (χ0v) is 9.16. The van der Waals surface area contributed by atoms with Crippen molar-refractivity contribution >= 4 is 0 Å². The van der Waals surface area contributed by atoms with Crippen molar-refractivity contribution in [1.29, 1.82) is 0 Å². The molecule has 2 N–H and O–H groups in total. The molecular weight excluding hydrogens is 221 g/mol. The van der Waals surface area contributed by atoms with E-state index in [0.717, 1.165) is 17.8 Å². The van der Waals surface area contributed by atoms with E-state index in [1.54, 1.807) is 18.2 Å². The quantitative estimate of drug-likeness (QED) is 0.770. The van der Waals surface area contributed by atoms with Crippen LogP contribution in [-0.4, -0.2) is 16.3 Å². The average molecular weight is 233 g/mol. The molecule has 0 bridgehead atoms. The van der Waals surface area contributed by atoms with Gasteiger partial charge in [-0.05, 0) is 25.1 Å². The summed E-state index contributed by atoms with van der Waals surface area (Å²) in [6, 6.07) is 6.25. The molecule has 2 aromatic rings. The van der Waals surface area contributed by atoms with Crippen LogP contribution in [0.15, 0.2) is 29.1 Å². The lowest BCUT2D eigenvalue weighted by atomic mass is 10.1. The van der Waals surface area contributed by atoms with Gasteiger partial charge in [0.2, 0.25) is 0 Å². The first kappa shape index (κ1) is 10.3. The van der Waals surface area contributed by atoms with Crippen molar-refractivity contribution in [1.82, 2.24) is 15.1 Å². The molecule has 0 spiro atoms. The second-order valence-electron chi connectivity index (χ2n) is 4.09. The van der Waals surface area contributed by atoms with Crippen molar-refractivity contribution in [2.24, 2.45) is 0 Å². The highest BCUT2D eigenvalue weighted by atomic mass is 19.1. The Morgan fingerprint density at radius 2 is 2.12 bits per heavy atom. The number of hydrogen-bond donors (Lipinski definition) is 2. The summed E-state index contributed by atoms with van der Waals surface area (Å²) in [5, 5.41) is 6.13. The molecule has 5 heteroatoms. The van der Waals surface area contributed by atoms with Crippen LogP contribution in [0.5, 0.6) is 0 Å². The fourth-order valence-electron chi connectivity index (χ4n) is 2.15. The molecule has 1 aromatic heterocycles. The van der Waals surface area contributed by atoms with Crippen LogP contribution < -0.4 is 10.9 Å². The number of nitrogens with one attached hydrogen (secondary N) is 2. The van der Waals surface area contributed by atoms with Crippen LogP contribution in [0.1, 0.15) is 11.3 Å². The highest BCUT2D eigenvalue weighted by molar-refractivity contribution is 5.35. The molecule has 88 valence electrons. The van der Waals surface area contributed by atoms with E-state index in [9.17, 15) is 9.18 Å². The lowest BCUT2D eigenvalue weighted by molar-refractivity contribution is 0.603. The molecular formula is C12H12FN3O. The van der Waals surface area contributed by atoms with Crippen molar-refractivity contribution in [3.63, 3.8) is 0 Å². The molecule has 1 aliphatic rings. The van der Waals surface area contributed by atoms with Gasteiger partial charge in [0.1, 0.15) is 11.5 Å². The second-order valence-corrected chi connectivity index (χ2v) is 4.09. The van der Waals surface area contributed by atoms with E-state index in [4.69, 9.17) is 0 Å². The minimum atomic E-state index is -0.402. The third kappa shape index (κ3) is 1.59. The number of benzene rings is 1. The number of fused-ring (bicyclic) bond motifs is 1. The summed E-state index contributed by atoms with van der Waals surface area (Å²) >= 11 is 0. The molecule has 3 rings (SSSR count). The minimum Gasteiger partial charge on any atom is -0.311 e. The van der Waals surface area contributed by atoms with Crippen molar-refractivity contribution in [3.8, 4) is 5.69 Å². The van der Waals surface area contributed by atoms with Gasteiger partial charge in [-0.25, -0.2) is 9.07 Å². The Balaban J connectivity index is 2.20. The van der Waals surface area contributed by atoms with Crippen molar-refractivity contribution in [2.75, 3.05) is 6.54 Å². The lowest BCUT2D eigenvalue weighted by Gasteiger charge is -2.09. The fourth-order valence-corrected chi connectivity index (χ4v) is 2.15. The summed E-state index contributed by atoms with van der Waals surface area (Å²) in [4.78, 5) is 12.1. The van der Waals surface area contributed by atoms with E-state index >= 15 is 0 Å². The van der Waals surface area contributed by atoms with Gasteiger partial charge >= 0.3 is 0 Å². The molecule has 2 heterocycles. The standard InChI is InChI=1S/C12H12FN3O/c13-9-3-1-2-4-11(9)16-12(17)8-5-6-14-7-10(8)15-16/h1-4,14-15H,5-7H2. The van der Waals surface area contributed by atoms with Gasteiger partial charge in [0.15, 0.2) is 0 Å². The van der Waals surface area contributed by atoms with Gasteiger partial charge in [-0.3, -0.25) is 9.89 Å². The zero-order chi connectivity index (χ0) is 11.8. The Morgan fingerprint density at radius 3 is 2.88 bits per heavy atom. The number of rotatable bonds is 1. The van der Waals surface area contributed by atoms with E-state index in [-0.39, 0.29) is 11.2 Å². The summed E-state index contributed by atoms with van der Waals surface area (Å²) in [7, 11) is 0. The molecule has 0 radical (unpaired) electrons. The minimum absolute atomic E-state index is 0.147. The smallest absolute Gasteiger partial charge is 0.274 e. The van der Waals surface area contributed by atoms with Crippen molar-refractivity contribution in [2.45, 2.75) is 13.0 Å². The van der Waals surface area contributed by atoms with Crippen LogP contribution in [0.2, 0.25) is 0 Å². The number of hydrogen-bond acceptors (Lipinski definition) is 2. The predicted molar refractivity (Wildman–Crippen MR) is 61.8 cm³/mol. The third-order valence-electron chi connectivity index (χ3n) is 3.02. The van der Waals surface area contributed by atoms with Crippen LogP contribution >= 0.6 is 0 Å². The van der Waals surface area contributed by atoms with Crippen LogP contribution in [0, 0.1) is 5.82 Å². The summed E-state index contributed by atoms with van der Waals surface area (Å²) in [6.45, 7) is 1.42. The topological polar surface area (TPSA) is 49.8 Å². The Kier molecular flexibility index (Phi) is 2.33. The van der Waals surface area contributed by atoms with Crippen LogP contribution in [0.25, 0.3) is 5.69 Å². The molecule has 0 amide bonds. The monoisotopic (exact) mass is 233 g/mol. The highest BCUT2D eigenvalue weighted by Gasteiger charge is 2.18. The van der Waals surface area contributed by atoms with Gasteiger partial charge < -0.3 is 5.32 Å². The first-order valence-corrected chi connectivity index (χ1v) is 5.56. The molecule has 1 aromatic carbocycles. The fraction of sp³-hybridized carbons (Fsp3) is 0.250. The predicted octanol–water partition coefficient (Wildman–Crippen LogP) is 0.950. The van der Waals surface area contributed by atoms with Gasteiger partial charge in [-0.2, -0.15) is 0 Å². The van der Waals surface area contributed by atoms with Gasteiger partial charge in [0, 0.05) is 12.1 Å². The van der Waals surface area contributed by atoms with E-state index in [0.29, 0.717) is 13.0 Å². The first-order valence-electron chi connectivity index (χ1n) is 5.56. The summed E-state index contributed by atoms with van der Waals surface area (Å²) in [5.74, 6) is -0.402. The van der Waals surface area contributed by atoms with Gasteiger partial charge in [-0.15, -0.1) is 0 Å². The van der Waals surface area contributed by atoms with E-state index in [2.05, 4.69) is 10.4 Å². The first-order chi connectivity index (χ1) is 8.27. The van der Waals surface area contributed by atoms with E-state index in [1.807, 2.05) is 0 Å². The molecule has 17 heavy (non-hydrogen) atoms. The van der Waals surface area contributed by atoms with Crippen LogP contribution in [0.3, 0.4) is 0 Å². The van der Waals surface area contributed by atoms with Crippen molar-refractivity contribution in [3.05, 3.63) is 51.7 Å². The van der Waals surface area contributed by atoms with Gasteiger partial charge in [0.25, 0.3) is 5.56 Å². The zero-order valence-electron chi connectivity index (χ0n) is 9.16. The number of halogens is 1. The number of para-hydroxylation sites is 1. The molecule has 0 saturated carbocycles. The Labute approximate surface area is 97.1 Å². The Morgan fingerprint density at radius 1 is 1.29 bits per heavy atom. The summed E-state index contributed by atoms with van der Waals surface area (Å²) in [5.41, 5.74) is 1.73. The molecule has 0 unspecified atom stereocenters. The maximum Gasteiger partial charge on any atom is 0.274 e. The second kappa shape index (κ2) is 3.85. The van der Waals surface area contributed by atoms with E-state index in [1.165, 1.54) is 10.7 Å². The number of aromatic amines is 1. The van der Waals surface area contributed by atoms with Gasteiger partial charge in [-0.1, -0.05) is 12.1 Å². The lowest BCUT2D eigenvalue weighted by Crippen LogP contribution is -2.26.